The van der Waals surface area contributed by atoms with E-state index in [1.807, 2.05) is 44.2 Å². The maximum Gasteiger partial charge on any atom is 0.309 e. The minimum atomic E-state index is -1.25. The summed E-state index contributed by atoms with van der Waals surface area (Å²) in [7, 11) is 0. The third kappa shape index (κ3) is 9.31. The minimum Gasteiger partial charge on any atom is -0.481 e. The first kappa shape index (κ1) is 25.5. The number of benzene rings is 1. The fraction of sp³-hybridized carbons (Fsp3) is 0.565. The van der Waals surface area contributed by atoms with E-state index >= 15 is 0 Å². The Bertz CT molecular complexity index is 716. The summed E-state index contributed by atoms with van der Waals surface area (Å²) in [5.41, 5.74) is 1.06. The summed E-state index contributed by atoms with van der Waals surface area (Å²) in [6, 6.07) is 8.78. The third-order valence-corrected chi connectivity index (χ3v) is 4.96. The van der Waals surface area contributed by atoms with Gasteiger partial charge in [0.05, 0.1) is 18.6 Å². The van der Waals surface area contributed by atoms with Crippen LogP contribution in [0.1, 0.15) is 52.0 Å². The Morgan fingerprint density at radius 2 is 1.63 bits per heavy atom. The van der Waals surface area contributed by atoms with Gasteiger partial charge in [0.15, 0.2) is 5.78 Å². The highest BCUT2D eigenvalue weighted by Crippen LogP contribution is 2.17. The molecule has 0 bridgehead atoms. The van der Waals surface area contributed by atoms with Gasteiger partial charge in [0.2, 0.25) is 5.91 Å². The number of hydrogen-bond acceptors (Lipinski definition) is 5. The molecule has 1 aromatic carbocycles. The quantitative estimate of drug-likeness (QED) is 0.426. The van der Waals surface area contributed by atoms with Gasteiger partial charge in [-0.3, -0.25) is 14.4 Å². The van der Waals surface area contributed by atoms with Crippen LogP contribution in [0, 0.1) is 17.8 Å². The number of carbonyl (C=O) groups excluding carboxylic acids is 3. The van der Waals surface area contributed by atoms with Gasteiger partial charge in [0.25, 0.3) is 0 Å². The van der Waals surface area contributed by atoms with Gasteiger partial charge >= 0.3 is 5.97 Å². The predicted molar refractivity (Wildman–Crippen MR) is 113 cm³/mol. The molecule has 166 valence electrons. The van der Waals surface area contributed by atoms with Crippen LogP contribution in [0.2, 0.25) is 0 Å². The molecule has 0 aliphatic heterocycles. The molecule has 0 fully saturated rings. The first-order valence-electron chi connectivity index (χ1n) is 10.3. The zero-order valence-corrected chi connectivity index (χ0v) is 18.0. The maximum atomic E-state index is 12.9. The number of aliphatic carboxylic acids is 1. The van der Waals surface area contributed by atoms with Crippen LogP contribution in [0.25, 0.3) is 0 Å². The van der Waals surface area contributed by atoms with E-state index in [9.17, 15) is 24.3 Å². The van der Waals surface area contributed by atoms with Gasteiger partial charge < -0.3 is 20.3 Å². The summed E-state index contributed by atoms with van der Waals surface area (Å²) in [6.45, 7) is 4.58. The molecule has 0 heterocycles. The first-order chi connectivity index (χ1) is 14.1. The lowest BCUT2D eigenvalue weighted by Gasteiger charge is -2.24. The molecule has 0 unspecified atom stereocenters. The molecule has 0 saturated carbocycles. The second-order valence-electron chi connectivity index (χ2n) is 8.21. The van der Waals surface area contributed by atoms with Gasteiger partial charge in [-0.25, -0.2) is 0 Å². The number of aryl methyl sites for hydroxylation is 1. The van der Waals surface area contributed by atoms with Crippen molar-refractivity contribution >= 4 is 23.4 Å². The lowest BCUT2D eigenvalue weighted by molar-refractivity contribution is -0.145. The molecule has 0 radical (unpaired) electrons. The fourth-order valence-corrected chi connectivity index (χ4v) is 3.31. The molecule has 3 atom stereocenters. The predicted octanol–water partition coefficient (Wildman–Crippen LogP) is 2.40. The van der Waals surface area contributed by atoms with Crippen LogP contribution in [0.4, 0.5) is 0 Å². The minimum absolute atomic E-state index is 0.0790. The number of carboxylic acid groups (broad SMARTS) is 1. The fourth-order valence-electron chi connectivity index (χ4n) is 3.31. The van der Waals surface area contributed by atoms with Crippen LogP contribution in [0.3, 0.4) is 0 Å². The summed E-state index contributed by atoms with van der Waals surface area (Å²) >= 11 is 0. The summed E-state index contributed by atoms with van der Waals surface area (Å²) in [5, 5.41) is 21.0. The molecule has 1 rings (SSSR count). The van der Waals surface area contributed by atoms with E-state index in [-0.39, 0.29) is 30.4 Å². The number of ketones is 2. The molecular weight excluding hydrogens is 386 g/mol. The van der Waals surface area contributed by atoms with Gasteiger partial charge in [0, 0.05) is 18.8 Å². The van der Waals surface area contributed by atoms with E-state index in [4.69, 9.17) is 5.11 Å². The number of hydrogen-bond donors (Lipinski definition) is 3. The van der Waals surface area contributed by atoms with Crippen molar-refractivity contribution in [1.29, 1.82) is 0 Å². The van der Waals surface area contributed by atoms with Crippen molar-refractivity contribution in [3.63, 3.8) is 0 Å². The number of aliphatic hydroxyl groups is 1. The Labute approximate surface area is 177 Å². The number of aliphatic hydroxyl groups excluding tert-OH is 1. The Balaban J connectivity index is 2.88. The molecule has 0 aliphatic rings. The molecular formula is C23H33NO6. The highest BCUT2D eigenvalue weighted by molar-refractivity contribution is 5.93. The van der Waals surface area contributed by atoms with Gasteiger partial charge in [0.1, 0.15) is 5.78 Å². The van der Waals surface area contributed by atoms with E-state index in [2.05, 4.69) is 5.32 Å². The molecule has 0 aromatic heterocycles. The van der Waals surface area contributed by atoms with E-state index in [0.717, 1.165) is 5.56 Å². The van der Waals surface area contributed by atoms with E-state index in [1.165, 1.54) is 6.92 Å². The van der Waals surface area contributed by atoms with E-state index < -0.39 is 36.2 Å². The lowest BCUT2D eigenvalue weighted by atomic mass is 9.91. The van der Waals surface area contributed by atoms with Crippen LogP contribution in [0.15, 0.2) is 30.3 Å². The molecule has 7 nitrogen and oxygen atoms in total. The van der Waals surface area contributed by atoms with Gasteiger partial charge in [-0.05, 0) is 37.7 Å². The van der Waals surface area contributed by atoms with Crippen LogP contribution in [-0.4, -0.2) is 46.3 Å². The molecule has 3 N–H and O–H groups in total. The number of rotatable bonds is 14. The first-order valence-corrected chi connectivity index (χ1v) is 10.3. The molecule has 0 aliphatic carbocycles. The van der Waals surface area contributed by atoms with Gasteiger partial charge in [-0.1, -0.05) is 44.2 Å². The zero-order valence-electron chi connectivity index (χ0n) is 18.0. The highest BCUT2D eigenvalue weighted by atomic mass is 16.4. The normalized spacial score (nSPS) is 14.0. The Kier molecular flexibility index (Phi) is 11.0. The summed E-state index contributed by atoms with van der Waals surface area (Å²) in [6.07, 6.45) is 1.17. The smallest absolute Gasteiger partial charge is 0.309 e. The van der Waals surface area contributed by atoms with E-state index in [1.54, 1.807) is 0 Å². The number of carbonyl (C=O) groups is 4. The molecule has 0 spiro atoms. The Morgan fingerprint density at radius 1 is 1.00 bits per heavy atom. The number of Topliss-reactive ketones (excluding diaryl/α,β-unsaturated/α-hetero) is 2. The lowest BCUT2D eigenvalue weighted by Crippen LogP contribution is -2.45. The molecule has 1 amide bonds. The number of nitrogens with one attached hydrogen (secondary N) is 1. The maximum absolute atomic E-state index is 12.9. The standard InChI is InChI=1S/C23H33NO6/c1-15(2)11-20(21(27)13-19(14-25)23(29)30)24-22(28)18(12-16(3)26)10-9-17-7-5-4-6-8-17/h4-8,15,18-20,25H,9-14H2,1-3H3,(H,24,28)(H,29,30)/t18-,19+,20+/m1/s1. The monoisotopic (exact) mass is 419 g/mol. The summed E-state index contributed by atoms with van der Waals surface area (Å²) in [4.78, 5) is 48.4. The van der Waals surface area contributed by atoms with Crippen molar-refractivity contribution in [3.05, 3.63) is 35.9 Å². The van der Waals surface area contributed by atoms with Gasteiger partial charge in [-0.15, -0.1) is 0 Å². The van der Waals surface area contributed by atoms with Crippen molar-refractivity contribution < 1.29 is 29.4 Å². The van der Waals surface area contributed by atoms with Crippen molar-refractivity contribution in [2.75, 3.05) is 6.61 Å². The molecule has 7 heteroatoms. The van der Waals surface area contributed by atoms with Crippen molar-refractivity contribution in [2.45, 2.75) is 58.9 Å². The van der Waals surface area contributed by atoms with Crippen molar-refractivity contribution in [2.24, 2.45) is 17.8 Å². The molecule has 1 aromatic rings. The zero-order chi connectivity index (χ0) is 22.7. The highest BCUT2D eigenvalue weighted by Gasteiger charge is 2.30. The van der Waals surface area contributed by atoms with Crippen LogP contribution < -0.4 is 5.32 Å². The van der Waals surface area contributed by atoms with Crippen LogP contribution >= 0.6 is 0 Å². The van der Waals surface area contributed by atoms with Crippen molar-refractivity contribution in [1.82, 2.24) is 5.32 Å². The third-order valence-electron chi connectivity index (χ3n) is 4.96. The topological polar surface area (TPSA) is 121 Å². The van der Waals surface area contributed by atoms with Crippen LogP contribution in [0.5, 0.6) is 0 Å². The molecule has 0 saturated heterocycles. The second-order valence-corrected chi connectivity index (χ2v) is 8.21. The van der Waals surface area contributed by atoms with Crippen LogP contribution in [-0.2, 0) is 25.6 Å². The number of amides is 1. The SMILES string of the molecule is CC(=O)C[C@@H](CCc1ccccc1)C(=O)N[C@@H](CC(C)C)C(=O)C[C@@H](CO)C(=O)O. The molecule has 30 heavy (non-hydrogen) atoms. The van der Waals surface area contributed by atoms with E-state index in [0.29, 0.717) is 19.3 Å². The average Bonchev–Trinajstić information content (AvgIpc) is 2.68. The largest absolute Gasteiger partial charge is 0.481 e. The van der Waals surface area contributed by atoms with Crippen molar-refractivity contribution in [3.8, 4) is 0 Å². The Hall–Kier alpha value is -2.54. The number of carboxylic acids is 1. The second kappa shape index (κ2) is 12.9. The summed E-state index contributed by atoms with van der Waals surface area (Å²) in [5.74, 6) is -3.85. The Morgan fingerprint density at radius 3 is 2.13 bits per heavy atom. The average molecular weight is 420 g/mol. The van der Waals surface area contributed by atoms with Gasteiger partial charge in [-0.2, -0.15) is 0 Å². The summed E-state index contributed by atoms with van der Waals surface area (Å²) < 4.78 is 0.